The first-order valence-electron chi connectivity index (χ1n) is 15.6. The van der Waals surface area contributed by atoms with Gasteiger partial charge < -0.3 is 14.2 Å². The second kappa shape index (κ2) is 12.0. The predicted octanol–water partition coefficient (Wildman–Crippen LogP) is 8.97. The summed E-state index contributed by atoms with van der Waals surface area (Å²) < 4.78 is 16.3. The molecule has 0 bridgehead atoms. The van der Waals surface area contributed by atoms with E-state index in [0.717, 1.165) is 54.8 Å². The van der Waals surface area contributed by atoms with Crippen LogP contribution in [0.2, 0.25) is 0 Å². The van der Waals surface area contributed by atoms with E-state index in [9.17, 15) is 4.79 Å². The molecule has 3 fully saturated rings. The fourth-order valence-corrected chi connectivity index (χ4v) is 9.35. The predicted molar refractivity (Wildman–Crippen MR) is 150 cm³/mol. The van der Waals surface area contributed by atoms with Crippen LogP contribution < -0.4 is 0 Å². The van der Waals surface area contributed by atoms with E-state index in [-0.39, 0.29) is 17.6 Å². The van der Waals surface area contributed by atoms with Gasteiger partial charge in [-0.2, -0.15) is 0 Å². The lowest BCUT2D eigenvalue weighted by Gasteiger charge is -2.58. The van der Waals surface area contributed by atoms with Gasteiger partial charge in [0.15, 0.2) is 0 Å². The monoisotopic (exact) mass is 516 g/mol. The average Bonchev–Trinajstić information content (AvgIpc) is 3.21. The molecule has 0 spiro atoms. The number of allylic oxidation sites excluding steroid dienone is 1. The molecule has 0 N–H and O–H groups in total. The molecule has 0 amide bonds. The summed E-state index contributed by atoms with van der Waals surface area (Å²) in [4.78, 5) is 12.3. The van der Waals surface area contributed by atoms with E-state index >= 15 is 0 Å². The van der Waals surface area contributed by atoms with E-state index in [4.69, 9.17) is 14.2 Å². The van der Waals surface area contributed by atoms with Crippen molar-refractivity contribution in [3.63, 3.8) is 0 Å². The van der Waals surface area contributed by atoms with E-state index in [0.29, 0.717) is 18.4 Å². The topological polar surface area (TPSA) is 44.8 Å². The van der Waals surface area contributed by atoms with Gasteiger partial charge in [-0.15, -0.1) is 0 Å². The lowest BCUT2D eigenvalue weighted by atomic mass is 9.47. The molecule has 4 aliphatic rings. The lowest BCUT2D eigenvalue weighted by Crippen LogP contribution is -2.51. The van der Waals surface area contributed by atoms with Gasteiger partial charge in [-0.25, -0.2) is 4.79 Å². The Kier molecular flexibility index (Phi) is 9.40. The first-order valence-corrected chi connectivity index (χ1v) is 15.6. The Morgan fingerprint density at radius 1 is 1.00 bits per heavy atom. The van der Waals surface area contributed by atoms with Crippen LogP contribution in [0.3, 0.4) is 0 Å². The van der Waals surface area contributed by atoms with Crippen molar-refractivity contribution in [2.75, 3.05) is 13.7 Å². The van der Waals surface area contributed by atoms with Gasteiger partial charge in [0.25, 0.3) is 0 Å². The van der Waals surface area contributed by atoms with E-state index in [1.807, 2.05) is 6.92 Å². The minimum absolute atomic E-state index is 0.0420. The Morgan fingerprint density at radius 2 is 1.78 bits per heavy atom. The Morgan fingerprint density at radius 3 is 2.51 bits per heavy atom. The molecule has 0 aromatic heterocycles. The van der Waals surface area contributed by atoms with Gasteiger partial charge in [0, 0.05) is 20.0 Å². The van der Waals surface area contributed by atoms with Crippen LogP contribution in [0.1, 0.15) is 119 Å². The van der Waals surface area contributed by atoms with Gasteiger partial charge in [-0.1, -0.05) is 65.5 Å². The molecule has 0 radical (unpaired) electrons. The zero-order valence-corrected chi connectivity index (χ0v) is 25.0. The van der Waals surface area contributed by atoms with Crippen molar-refractivity contribution in [3.05, 3.63) is 11.6 Å². The second-order valence-electron chi connectivity index (χ2n) is 14.2. The molecule has 4 nitrogen and oxygen atoms in total. The van der Waals surface area contributed by atoms with Crippen molar-refractivity contribution in [1.82, 2.24) is 0 Å². The lowest BCUT2D eigenvalue weighted by molar-refractivity contribution is -0.0620. The van der Waals surface area contributed by atoms with Gasteiger partial charge in [0.2, 0.25) is 0 Å². The van der Waals surface area contributed by atoms with Gasteiger partial charge in [-0.3, -0.25) is 0 Å². The van der Waals surface area contributed by atoms with E-state index < -0.39 is 6.16 Å². The standard InChI is InChI=1S/C33H56O4/c1-22(2)9-8-10-23(3)28-13-14-29-27-12-11-25-21-26(37-31(34)36-20-17-24(4)35-7)15-18-32(25,5)30(27)16-19-33(28,29)6/h11,22-24,26-30H,8-10,12-21H2,1-7H3/t23-,24?,26?,27?,28-,29?,30?,32+,33-/m1/s1. The highest BCUT2D eigenvalue weighted by Crippen LogP contribution is 2.67. The second-order valence-corrected chi connectivity index (χ2v) is 14.2. The fraction of sp³-hybridized carbons (Fsp3) is 0.909. The molecular weight excluding hydrogens is 460 g/mol. The maximum absolute atomic E-state index is 12.3. The highest BCUT2D eigenvalue weighted by molar-refractivity contribution is 5.60. The number of carbonyl (C=O) groups excluding carboxylic acids is 1. The summed E-state index contributed by atoms with van der Waals surface area (Å²) in [5, 5.41) is 0. The number of methoxy groups -OCH3 is 1. The minimum atomic E-state index is -0.515. The smallest absolute Gasteiger partial charge is 0.434 e. The summed E-state index contributed by atoms with van der Waals surface area (Å²) in [6, 6.07) is 0. The first-order chi connectivity index (χ1) is 17.6. The van der Waals surface area contributed by atoms with Gasteiger partial charge in [0.1, 0.15) is 6.10 Å². The number of rotatable bonds is 10. The van der Waals surface area contributed by atoms with E-state index in [2.05, 4.69) is 40.7 Å². The van der Waals surface area contributed by atoms with Gasteiger partial charge in [0.05, 0.1) is 12.7 Å². The van der Waals surface area contributed by atoms with Crippen molar-refractivity contribution in [2.24, 2.45) is 46.3 Å². The van der Waals surface area contributed by atoms with Crippen LogP contribution in [0.5, 0.6) is 0 Å². The van der Waals surface area contributed by atoms with E-state index in [1.54, 1.807) is 12.7 Å². The quantitative estimate of drug-likeness (QED) is 0.215. The zero-order chi connectivity index (χ0) is 26.8. The van der Waals surface area contributed by atoms with Gasteiger partial charge in [-0.05, 0) is 98.2 Å². The Labute approximate surface area is 227 Å². The zero-order valence-electron chi connectivity index (χ0n) is 25.0. The summed E-state index contributed by atoms with van der Waals surface area (Å²) in [5.41, 5.74) is 2.37. The molecule has 212 valence electrons. The number of fused-ring (bicyclic) bond motifs is 5. The molecule has 0 aromatic carbocycles. The molecule has 0 aromatic rings. The molecule has 4 heteroatoms. The summed E-state index contributed by atoms with van der Waals surface area (Å²) >= 11 is 0. The van der Waals surface area contributed by atoms with Crippen LogP contribution >= 0.6 is 0 Å². The van der Waals surface area contributed by atoms with Crippen molar-refractivity contribution in [2.45, 2.75) is 131 Å². The van der Waals surface area contributed by atoms with Gasteiger partial charge >= 0.3 is 6.16 Å². The van der Waals surface area contributed by atoms with Crippen molar-refractivity contribution in [3.8, 4) is 0 Å². The molecule has 0 heterocycles. The molecular formula is C33H56O4. The molecule has 4 rings (SSSR count). The third-order valence-corrected chi connectivity index (χ3v) is 11.7. The van der Waals surface area contributed by atoms with Crippen molar-refractivity contribution < 1.29 is 19.0 Å². The first kappa shape index (κ1) is 29.0. The highest BCUT2D eigenvalue weighted by Gasteiger charge is 2.59. The molecule has 0 aliphatic heterocycles. The third kappa shape index (κ3) is 6.10. The van der Waals surface area contributed by atoms with Crippen LogP contribution in [0.25, 0.3) is 0 Å². The Balaban J connectivity index is 1.35. The summed E-state index contributed by atoms with van der Waals surface area (Å²) in [6.45, 7) is 14.8. The van der Waals surface area contributed by atoms with Crippen molar-refractivity contribution in [1.29, 1.82) is 0 Å². The van der Waals surface area contributed by atoms with Crippen molar-refractivity contribution >= 4 is 6.16 Å². The maximum Gasteiger partial charge on any atom is 0.508 e. The molecule has 4 aliphatic carbocycles. The van der Waals surface area contributed by atoms with Crippen LogP contribution in [0, 0.1) is 46.3 Å². The van der Waals surface area contributed by atoms with Crippen LogP contribution in [0.4, 0.5) is 4.79 Å². The number of hydrogen-bond acceptors (Lipinski definition) is 4. The van der Waals surface area contributed by atoms with E-state index in [1.165, 1.54) is 51.4 Å². The van der Waals surface area contributed by atoms with Crippen LogP contribution in [0.15, 0.2) is 11.6 Å². The number of carbonyl (C=O) groups is 1. The highest BCUT2D eigenvalue weighted by atomic mass is 16.7. The third-order valence-electron chi connectivity index (χ3n) is 11.7. The molecule has 37 heavy (non-hydrogen) atoms. The molecule has 3 saturated carbocycles. The molecule has 9 atom stereocenters. The maximum atomic E-state index is 12.3. The minimum Gasteiger partial charge on any atom is -0.434 e. The summed E-state index contributed by atoms with van der Waals surface area (Å²) in [5.74, 6) is 5.12. The number of hydrogen-bond donors (Lipinski definition) is 0. The Hall–Kier alpha value is -1.03. The van der Waals surface area contributed by atoms with Crippen LogP contribution in [-0.2, 0) is 14.2 Å². The molecule has 5 unspecified atom stereocenters. The van der Waals surface area contributed by atoms with Crippen LogP contribution in [-0.4, -0.2) is 32.1 Å². The Bertz CT molecular complexity index is 804. The molecule has 0 saturated heterocycles. The normalized spacial score (nSPS) is 38.7. The SMILES string of the molecule is COC(C)CCOC(=O)OC1CC[C@@]2(C)C(=CCC3C2CC[C@@]2(C)C3CC[C@@H]2[C@H](C)CCCC(C)C)C1. The summed E-state index contributed by atoms with van der Waals surface area (Å²) in [7, 11) is 1.68. The summed E-state index contributed by atoms with van der Waals surface area (Å²) in [6.07, 6.45) is 16.9. The number of ether oxygens (including phenoxy) is 3. The fourth-order valence-electron chi connectivity index (χ4n) is 9.35. The largest absolute Gasteiger partial charge is 0.508 e. The average molecular weight is 517 g/mol.